The number of carbonyl (C=O) groups excluding carboxylic acids is 1. The fourth-order valence-electron chi connectivity index (χ4n) is 2.10. The lowest BCUT2D eigenvalue weighted by atomic mass is 10.1. The second kappa shape index (κ2) is 7.79. The normalized spacial score (nSPS) is 10.3. The Hall–Kier alpha value is -3.20. The van der Waals surface area contributed by atoms with E-state index in [0.29, 0.717) is 11.5 Å². The van der Waals surface area contributed by atoms with E-state index in [0.717, 1.165) is 10.0 Å². The Morgan fingerprint density at radius 1 is 1.15 bits per heavy atom. The molecule has 0 saturated carbocycles. The Labute approximate surface area is 155 Å². The summed E-state index contributed by atoms with van der Waals surface area (Å²) < 4.78 is 16.2. The van der Waals surface area contributed by atoms with Gasteiger partial charge in [-0.2, -0.15) is 0 Å². The van der Waals surface area contributed by atoms with Crippen LogP contribution in [0.4, 0.5) is 10.5 Å². The molecule has 9 heteroatoms. The number of halogens is 1. The smallest absolute Gasteiger partial charge is 0.444 e. The molecule has 0 aliphatic rings. The highest BCUT2D eigenvalue weighted by Crippen LogP contribution is 2.25. The Kier molecular flexibility index (Phi) is 5.28. The summed E-state index contributed by atoms with van der Waals surface area (Å²) in [7, 11) is 0. The van der Waals surface area contributed by atoms with Crippen molar-refractivity contribution in [3.05, 3.63) is 75.3 Å². The third-order valence-corrected chi connectivity index (χ3v) is 3.86. The van der Waals surface area contributed by atoms with Gasteiger partial charge >= 0.3 is 6.16 Å². The van der Waals surface area contributed by atoms with Gasteiger partial charge in [-0.1, -0.05) is 28.1 Å². The number of hydrogen-bond acceptors (Lipinski definition) is 7. The molecule has 0 spiro atoms. The Bertz CT molecular complexity index is 921. The number of nitro groups is 1. The van der Waals surface area contributed by atoms with Gasteiger partial charge in [0.1, 0.15) is 11.4 Å². The molecule has 0 aliphatic carbocycles. The molecule has 0 N–H and O–H groups in total. The predicted molar refractivity (Wildman–Crippen MR) is 93.5 cm³/mol. The number of oxazole rings is 1. The monoisotopic (exact) mass is 418 g/mol. The van der Waals surface area contributed by atoms with Gasteiger partial charge in [0.25, 0.3) is 5.69 Å². The molecule has 3 aromatic rings. The molecule has 2 aromatic carbocycles. The number of non-ortho nitro benzene ring substituents is 1. The Balaban J connectivity index is 1.61. The molecule has 3 rings (SSSR count). The van der Waals surface area contributed by atoms with Crippen molar-refractivity contribution in [1.82, 2.24) is 4.98 Å². The fraction of sp³-hybridized carbons (Fsp3) is 0.0588. The topological polar surface area (TPSA) is 105 Å². The minimum Gasteiger partial charge on any atom is -0.444 e. The molecule has 0 saturated heterocycles. The third-order valence-electron chi connectivity index (χ3n) is 3.33. The van der Waals surface area contributed by atoms with Crippen molar-refractivity contribution in [1.29, 1.82) is 0 Å². The first-order valence-corrected chi connectivity index (χ1v) is 8.09. The highest BCUT2D eigenvalue weighted by atomic mass is 79.9. The molecule has 0 fully saturated rings. The van der Waals surface area contributed by atoms with E-state index >= 15 is 0 Å². The van der Waals surface area contributed by atoms with Crippen molar-refractivity contribution in [2.45, 2.75) is 6.61 Å². The number of nitro benzene ring substituents is 1. The van der Waals surface area contributed by atoms with Gasteiger partial charge in [0, 0.05) is 22.2 Å². The molecule has 1 heterocycles. The Morgan fingerprint density at radius 3 is 2.50 bits per heavy atom. The van der Waals surface area contributed by atoms with Crippen molar-refractivity contribution in [2.24, 2.45) is 0 Å². The van der Waals surface area contributed by atoms with Crippen LogP contribution in [-0.2, 0) is 11.3 Å². The summed E-state index contributed by atoms with van der Waals surface area (Å²) in [6.07, 6.45) is 0.301. The summed E-state index contributed by atoms with van der Waals surface area (Å²) in [5.41, 5.74) is 1.26. The molecule has 1 aromatic heterocycles. The molecule has 132 valence electrons. The second-order valence-electron chi connectivity index (χ2n) is 5.02. The van der Waals surface area contributed by atoms with Crippen LogP contribution in [0, 0.1) is 10.1 Å². The zero-order valence-electron chi connectivity index (χ0n) is 13.1. The maximum atomic E-state index is 11.8. The average Bonchev–Trinajstić information content (AvgIpc) is 3.09. The van der Waals surface area contributed by atoms with Crippen LogP contribution in [0.2, 0.25) is 0 Å². The van der Waals surface area contributed by atoms with Gasteiger partial charge in [0.15, 0.2) is 18.8 Å². The maximum absolute atomic E-state index is 11.8. The summed E-state index contributed by atoms with van der Waals surface area (Å²) in [5.74, 6) is 0.499. The lowest BCUT2D eigenvalue weighted by molar-refractivity contribution is -0.384. The summed E-state index contributed by atoms with van der Waals surface area (Å²) in [4.78, 5) is 25.9. The quantitative estimate of drug-likeness (QED) is 0.255. The van der Waals surface area contributed by atoms with Gasteiger partial charge in [0.2, 0.25) is 0 Å². The summed E-state index contributed by atoms with van der Waals surface area (Å²) in [5, 5.41) is 10.6. The van der Waals surface area contributed by atoms with E-state index in [1.165, 1.54) is 30.7 Å². The Morgan fingerprint density at radius 2 is 1.85 bits per heavy atom. The van der Waals surface area contributed by atoms with Crippen LogP contribution >= 0.6 is 15.9 Å². The highest BCUT2D eigenvalue weighted by Gasteiger charge is 2.15. The molecule has 0 aliphatic heterocycles. The van der Waals surface area contributed by atoms with Crippen LogP contribution in [0.3, 0.4) is 0 Å². The van der Waals surface area contributed by atoms with Gasteiger partial charge < -0.3 is 13.9 Å². The number of hydrogen-bond donors (Lipinski definition) is 0. The van der Waals surface area contributed by atoms with Gasteiger partial charge in [-0.05, 0) is 24.3 Å². The van der Waals surface area contributed by atoms with E-state index < -0.39 is 11.1 Å². The zero-order chi connectivity index (χ0) is 18.5. The largest absolute Gasteiger partial charge is 0.514 e. The summed E-state index contributed by atoms with van der Waals surface area (Å²) in [6, 6.07) is 12.5. The van der Waals surface area contributed by atoms with Crippen molar-refractivity contribution < 1.29 is 23.6 Å². The fourth-order valence-corrected chi connectivity index (χ4v) is 2.37. The zero-order valence-corrected chi connectivity index (χ0v) is 14.7. The van der Waals surface area contributed by atoms with Crippen molar-refractivity contribution in [3.63, 3.8) is 0 Å². The molecule has 0 bridgehead atoms. The van der Waals surface area contributed by atoms with Gasteiger partial charge in [-0.3, -0.25) is 10.1 Å². The van der Waals surface area contributed by atoms with Crippen molar-refractivity contribution >= 4 is 27.8 Å². The summed E-state index contributed by atoms with van der Waals surface area (Å²) >= 11 is 3.35. The number of nitrogens with zero attached hydrogens (tertiary/aromatic N) is 2. The molecular formula is C17H11BrN2O6. The second-order valence-corrected chi connectivity index (χ2v) is 5.94. The number of carbonyl (C=O) groups is 1. The highest BCUT2D eigenvalue weighted by molar-refractivity contribution is 9.10. The molecule has 8 nitrogen and oxygen atoms in total. The van der Waals surface area contributed by atoms with Gasteiger partial charge in [-0.15, -0.1) is 0 Å². The van der Waals surface area contributed by atoms with Crippen LogP contribution in [-0.4, -0.2) is 16.1 Å². The lowest BCUT2D eigenvalue weighted by Gasteiger charge is -2.05. The molecule has 0 atom stereocenters. The first-order valence-electron chi connectivity index (χ1n) is 7.30. The molecule has 0 unspecified atom stereocenters. The van der Waals surface area contributed by atoms with Crippen LogP contribution in [0.25, 0.3) is 11.3 Å². The molecule has 0 amide bonds. The summed E-state index contributed by atoms with van der Waals surface area (Å²) in [6.45, 7) is -0.169. The van der Waals surface area contributed by atoms with Crippen LogP contribution in [0.5, 0.6) is 5.75 Å². The van der Waals surface area contributed by atoms with Crippen molar-refractivity contribution in [2.75, 3.05) is 0 Å². The molecule has 0 radical (unpaired) electrons. The van der Waals surface area contributed by atoms with Crippen molar-refractivity contribution in [3.8, 4) is 17.0 Å². The number of aromatic nitrogens is 1. The lowest BCUT2D eigenvalue weighted by Crippen LogP contribution is -2.10. The van der Waals surface area contributed by atoms with Crippen LogP contribution in [0.15, 0.2) is 63.8 Å². The van der Waals surface area contributed by atoms with Crippen LogP contribution in [0.1, 0.15) is 5.76 Å². The van der Waals surface area contributed by atoms with Crippen LogP contribution < -0.4 is 4.74 Å². The molecule has 26 heavy (non-hydrogen) atoms. The number of rotatable bonds is 5. The van der Waals surface area contributed by atoms with Gasteiger partial charge in [-0.25, -0.2) is 9.78 Å². The van der Waals surface area contributed by atoms with E-state index in [-0.39, 0.29) is 18.0 Å². The van der Waals surface area contributed by atoms with E-state index in [4.69, 9.17) is 13.9 Å². The first-order chi connectivity index (χ1) is 12.5. The van der Waals surface area contributed by atoms with Gasteiger partial charge in [0.05, 0.1) is 4.92 Å². The van der Waals surface area contributed by atoms with E-state index in [9.17, 15) is 14.9 Å². The molecular weight excluding hydrogens is 408 g/mol. The standard InChI is InChI=1S/C17H11BrN2O6/c18-12-3-1-11(2-4-12)16-15(25-10-19-16)9-24-17(21)26-14-7-5-13(6-8-14)20(22)23/h1-8,10H,9H2. The third kappa shape index (κ3) is 4.25. The average molecular weight is 419 g/mol. The first kappa shape index (κ1) is 17.6. The minimum absolute atomic E-state index is 0.105. The van der Waals surface area contributed by atoms with E-state index in [1.54, 1.807) is 0 Å². The SMILES string of the molecule is O=C(OCc1ocnc1-c1ccc(Br)cc1)Oc1ccc([N+](=O)[O-])cc1. The minimum atomic E-state index is -0.961. The van der Waals surface area contributed by atoms with E-state index in [1.807, 2.05) is 24.3 Å². The predicted octanol–water partition coefficient (Wildman–Crippen LogP) is 4.73. The number of ether oxygens (including phenoxy) is 2. The maximum Gasteiger partial charge on any atom is 0.514 e. The van der Waals surface area contributed by atoms with E-state index in [2.05, 4.69) is 20.9 Å². The number of benzene rings is 2.